The highest BCUT2D eigenvalue weighted by molar-refractivity contribution is 5.33. The van der Waals surface area contributed by atoms with Crippen LogP contribution >= 0.6 is 0 Å². The van der Waals surface area contributed by atoms with E-state index in [2.05, 4.69) is 22.8 Å². The fourth-order valence-corrected chi connectivity index (χ4v) is 2.65. The third-order valence-corrected chi connectivity index (χ3v) is 3.83. The number of rotatable bonds is 5. The van der Waals surface area contributed by atoms with Gasteiger partial charge in [0.1, 0.15) is 11.8 Å². The molecule has 4 heteroatoms. The van der Waals surface area contributed by atoms with Gasteiger partial charge < -0.3 is 9.64 Å². The van der Waals surface area contributed by atoms with Crippen LogP contribution in [-0.2, 0) is 0 Å². The summed E-state index contributed by atoms with van der Waals surface area (Å²) in [5.74, 6) is 0.845. The second-order valence-corrected chi connectivity index (χ2v) is 5.01. The van der Waals surface area contributed by atoms with Gasteiger partial charge in [-0.15, -0.1) is 0 Å². The Labute approximate surface area is 121 Å². The Morgan fingerprint density at radius 1 is 1.25 bits per heavy atom. The third-order valence-electron chi connectivity index (χ3n) is 3.83. The lowest BCUT2D eigenvalue weighted by molar-refractivity contribution is 0.118. The first-order valence-electron chi connectivity index (χ1n) is 7.37. The summed E-state index contributed by atoms with van der Waals surface area (Å²) in [7, 11) is 0. The van der Waals surface area contributed by atoms with Crippen molar-refractivity contribution in [3.05, 3.63) is 29.8 Å². The van der Waals surface area contributed by atoms with Gasteiger partial charge in [-0.05, 0) is 31.2 Å². The molecular formula is C16H23N3O. The summed E-state index contributed by atoms with van der Waals surface area (Å²) in [5.41, 5.74) is 1.03. The van der Waals surface area contributed by atoms with Crippen molar-refractivity contribution in [3.63, 3.8) is 0 Å². The predicted octanol–water partition coefficient (Wildman–Crippen LogP) is 2.29. The lowest BCUT2D eigenvalue weighted by atomic mass is 10.1. The number of ether oxygens (including phenoxy) is 1. The van der Waals surface area contributed by atoms with Crippen LogP contribution in [0.1, 0.15) is 25.5 Å². The molecule has 1 aliphatic rings. The van der Waals surface area contributed by atoms with Gasteiger partial charge in [0.2, 0.25) is 0 Å². The maximum atomic E-state index is 9.53. The van der Waals surface area contributed by atoms with Crippen molar-refractivity contribution < 1.29 is 4.74 Å². The Hall–Kier alpha value is -1.57. The lowest BCUT2D eigenvalue weighted by Crippen LogP contribution is -2.47. The number of likely N-dealkylation sites (N-methyl/N-ethyl adjacent to an activating group) is 1. The number of hydrogen-bond acceptors (Lipinski definition) is 4. The highest BCUT2D eigenvalue weighted by Crippen LogP contribution is 2.25. The normalized spacial score (nSPS) is 18.4. The lowest BCUT2D eigenvalue weighted by Gasteiger charge is -2.36. The second kappa shape index (κ2) is 7.28. The summed E-state index contributed by atoms with van der Waals surface area (Å²) >= 11 is 0. The molecule has 108 valence electrons. The van der Waals surface area contributed by atoms with E-state index >= 15 is 0 Å². The van der Waals surface area contributed by atoms with Crippen molar-refractivity contribution in [1.82, 2.24) is 9.80 Å². The van der Waals surface area contributed by atoms with E-state index in [4.69, 9.17) is 4.74 Å². The van der Waals surface area contributed by atoms with Gasteiger partial charge in [-0.2, -0.15) is 5.26 Å². The summed E-state index contributed by atoms with van der Waals surface area (Å²) in [5, 5.41) is 9.53. The Bertz CT molecular complexity index is 461. The van der Waals surface area contributed by atoms with Crippen LogP contribution < -0.4 is 4.74 Å². The number of nitriles is 1. The third kappa shape index (κ3) is 3.50. The van der Waals surface area contributed by atoms with E-state index in [1.54, 1.807) is 0 Å². The van der Waals surface area contributed by atoms with E-state index in [1.165, 1.54) is 0 Å². The SMILES string of the molecule is CCOc1cccc(C(C#N)N2CCN(CC)CC2)c1. The Balaban J connectivity index is 2.08. The summed E-state index contributed by atoms with van der Waals surface area (Å²) in [4.78, 5) is 4.68. The molecule has 4 nitrogen and oxygen atoms in total. The zero-order valence-electron chi connectivity index (χ0n) is 12.4. The molecule has 0 aromatic heterocycles. The fourth-order valence-electron chi connectivity index (χ4n) is 2.65. The molecule has 2 rings (SSSR count). The molecule has 1 heterocycles. The molecule has 1 aliphatic heterocycles. The molecule has 0 N–H and O–H groups in total. The van der Waals surface area contributed by atoms with Crippen molar-refractivity contribution >= 4 is 0 Å². The van der Waals surface area contributed by atoms with E-state index < -0.39 is 0 Å². The highest BCUT2D eigenvalue weighted by atomic mass is 16.5. The van der Waals surface area contributed by atoms with E-state index in [9.17, 15) is 5.26 Å². The van der Waals surface area contributed by atoms with Crippen molar-refractivity contribution in [2.24, 2.45) is 0 Å². The monoisotopic (exact) mass is 273 g/mol. The van der Waals surface area contributed by atoms with Crippen molar-refractivity contribution in [3.8, 4) is 11.8 Å². The fraction of sp³-hybridized carbons (Fsp3) is 0.562. The van der Waals surface area contributed by atoms with E-state index in [-0.39, 0.29) is 6.04 Å². The molecule has 0 radical (unpaired) electrons. The van der Waals surface area contributed by atoms with Gasteiger partial charge in [0.25, 0.3) is 0 Å². The Kier molecular flexibility index (Phi) is 5.40. The topological polar surface area (TPSA) is 39.5 Å². The van der Waals surface area contributed by atoms with Gasteiger partial charge in [0.05, 0.1) is 12.7 Å². The molecule has 1 aromatic carbocycles. The zero-order chi connectivity index (χ0) is 14.4. The van der Waals surface area contributed by atoms with Gasteiger partial charge in [-0.1, -0.05) is 19.1 Å². The molecule has 1 saturated heterocycles. The quantitative estimate of drug-likeness (QED) is 0.825. The minimum Gasteiger partial charge on any atom is -0.494 e. The highest BCUT2D eigenvalue weighted by Gasteiger charge is 2.24. The van der Waals surface area contributed by atoms with Crippen molar-refractivity contribution in [2.45, 2.75) is 19.9 Å². The molecule has 1 fully saturated rings. The standard InChI is InChI=1S/C16H23N3O/c1-3-18-8-10-19(11-9-18)16(13-17)14-6-5-7-15(12-14)20-4-2/h5-7,12,16H,3-4,8-11H2,1-2H3. The van der Waals surface area contributed by atoms with Crippen molar-refractivity contribution in [1.29, 1.82) is 5.26 Å². The maximum Gasteiger partial charge on any atom is 0.124 e. The number of hydrogen-bond donors (Lipinski definition) is 0. The molecule has 0 saturated carbocycles. The number of nitrogens with zero attached hydrogens (tertiary/aromatic N) is 3. The minimum atomic E-state index is -0.172. The van der Waals surface area contributed by atoms with Crippen LogP contribution in [0, 0.1) is 11.3 Å². The Morgan fingerprint density at radius 3 is 2.60 bits per heavy atom. The van der Waals surface area contributed by atoms with Crippen LogP contribution in [0.3, 0.4) is 0 Å². The first kappa shape index (κ1) is 14.8. The number of benzene rings is 1. The van der Waals surface area contributed by atoms with E-state index in [0.717, 1.165) is 44.0 Å². The molecule has 1 unspecified atom stereocenters. The minimum absolute atomic E-state index is 0.172. The van der Waals surface area contributed by atoms with E-state index in [0.29, 0.717) is 6.61 Å². The Morgan fingerprint density at radius 2 is 2.00 bits per heavy atom. The van der Waals surface area contributed by atoms with Crippen LogP contribution in [0.25, 0.3) is 0 Å². The predicted molar refractivity (Wildman–Crippen MR) is 79.7 cm³/mol. The first-order chi connectivity index (χ1) is 9.78. The van der Waals surface area contributed by atoms with Crippen LogP contribution in [0.15, 0.2) is 24.3 Å². The number of piperazine rings is 1. The summed E-state index contributed by atoms with van der Waals surface area (Å²) in [6.07, 6.45) is 0. The molecule has 20 heavy (non-hydrogen) atoms. The maximum absolute atomic E-state index is 9.53. The average Bonchev–Trinajstić information content (AvgIpc) is 2.49. The molecule has 0 spiro atoms. The van der Waals surface area contributed by atoms with E-state index in [1.807, 2.05) is 31.2 Å². The summed E-state index contributed by atoms with van der Waals surface area (Å²) in [6.45, 7) is 9.87. The van der Waals surface area contributed by atoms with Crippen LogP contribution in [0.2, 0.25) is 0 Å². The van der Waals surface area contributed by atoms with Crippen LogP contribution in [0.5, 0.6) is 5.75 Å². The summed E-state index contributed by atoms with van der Waals surface area (Å²) < 4.78 is 5.53. The van der Waals surface area contributed by atoms with Crippen LogP contribution in [0.4, 0.5) is 0 Å². The van der Waals surface area contributed by atoms with Gasteiger partial charge in [0.15, 0.2) is 0 Å². The molecule has 0 aliphatic carbocycles. The van der Waals surface area contributed by atoms with Gasteiger partial charge in [0, 0.05) is 26.2 Å². The average molecular weight is 273 g/mol. The second-order valence-electron chi connectivity index (χ2n) is 5.01. The largest absolute Gasteiger partial charge is 0.494 e. The molecule has 0 amide bonds. The van der Waals surface area contributed by atoms with Gasteiger partial charge in [-0.25, -0.2) is 0 Å². The summed E-state index contributed by atoms with van der Waals surface area (Å²) in [6, 6.07) is 10.2. The molecular weight excluding hydrogens is 250 g/mol. The smallest absolute Gasteiger partial charge is 0.124 e. The molecule has 0 bridgehead atoms. The molecule has 1 atom stereocenters. The first-order valence-corrected chi connectivity index (χ1v) is 7.37. The zero-order valence-corrected chi connectivity index (χ0v) is 12.4. The van der Waals surface area contributed by atoms with Gasteiger partial charge >= 0.3 is 0 Å². The van der Waals surface area contributed by atoms with Gasteiger partial charge in [-0.3, -0.25) is 4.90 Å². The molecule has 1 aromatic rings. The van der Waals surface area contributed by atoms with Crippen molar-refractivity contribution in [2.75, 3.05) is 39.3 Å². The van der Waals surface area contributed by atoms with Crippen LogP contribution in [-0.4, -0.2) is 49.1 Å².